The smallest absolute Gasteiger partial charge is 0.251 e. The fourth-order valence-corrected chi connectivity index (χ4v) is 4.01. The van der Waals surface area contributed by atoms with E-state index in [2.05, 4.69) is 5.32 Å². The van der Waals surface area contributed by atoms with Crippen molar-refractivity contribution >= 4 is 21.6 Å². The van der Waals surface area contributed by atoms with E-state index in [4.69, 9.17) is 4.74 Å². The highest BCUT2D eigenvalue weighted by Gasteiger charge is 2.18. The molecule has 1 N–H and O–H groups in total. The number of sulfonamides is 1. The van der Waals surface area contributed by atoms with Crippen LogP contribution in [-0.2, 0) is 16.4 Å². The molecule has 0 spiro atoms. The minimum absolute atomic E-state index is 0.0390. The first-order valence-corrected chi connectivity index (χ1v) is 11.0. The van der Waals surface area contributed by atoms with Crippen molar-refractivity contribution in [3.05, 3.63) is 59.7 Å². The van der Waals surface area contributed by atoms with Crippen LogP contribution < -0.4 is 14.4 Å². The number of nitrogens with zero attached hydrogens (tertiary/aromatic N) is 1. The third kappa shape index (κ3) is 5.73. The first-order valence-electron chi connectivity index (χ1n) is 9.42. The number of hydrogen-bond donors (Lipinski definition) is 1. The first kappa shape index (κ1) is 21.8. The van der Waals surface area contributed by atoms with E-state index in [0.29, 0.717) is 24.3 Å². The topological polar surface area (TPSA) is 75.7 Å². The molecule has 0 aliphatic rings. The van der Waals surface area contributed by atoms with E-state index in [1.165, 1.54) is 9.87 Å². The molecule has 1 amide bonds. The van der Waals surface area contributed by atoms with Gasteiger partial charge in [0, 0.05) is 18.7 Å². The predicted molar refractivity (Wildman–Crippen MR) is 113 cm³/mol. The highest BCUT2D eigenvalue weighted by Crippen LogP contribution is 2.19. The SMILES string of the molecule is CCN(c1ccc(C(=O)NCCCc2ccc(OC)cc2)cc1)S(=O)(=O)CC. The molecule has 28 heavy (non-hydrogen) atoms. The Labute approximate surface area is 167 Å². The molecule has 0 bridgehead atoms. The van der Waals surface area contributed by atoms with Gasteiger partial charge in [-0.25, -0.2) is 8.42 Å². The summed E-state index contributed by atoms with van der Waals surface area (Å²) < 4.78 is 30.7. The van der Waals surface area contributed by atoms with Gasteiger partial charge >= 0.3 is 0 Å². The number of aryl methyl sites for hydroxylation is 1. The lowest BCUT2D eigenvalue weighted by Crippen LogP contribution is -2.32. The maximum Gasteiger partial charge on any atom is 0.251 e. The molecule has 2 aromatic carbocycles. The lowest BCUT2D eigenvalue weighted by atomic mass is 10.1. The van der Waals surface area contributed by atoms with Gasteiger partial charge in [-0.2, -0.15) is 0 Å². The zero-order valence-electron chi connectivity index (χ0n) is 16.6. The largest absolute Gasteiger partial charge is 0.497 e. The van der Waals surface area contributed by atoms with Crippen LogP contribution in [0, 0.1) is 0 Å². The fraction of sp³-hybridized carbons (Fsp3) is 0.381. The minimum atomic E-state index is -3.32. The molecule has 0 heterocycles. The average molecular weight is 405 g/mol. The van der Waals surface area contributed by atoms with E-state index in [1.54, 1.807) is 45.2 Å². The van der Waals surface area contributed by atoms with Crippen LogP contribution in [0.3, 0.4) is 0 Å². The second-order valence-electron chi connectivity index (χ2n) is 6.32. The summed E-state index contributed by atoms with van der Waals surface area (Å²) in [5, 5.41) is 2.90. The average Bonchev–Trinajstić information content (AvgIpc) is 2.72. The van der Waals surface area contributed by atoms with Crippen LogP contribution in [0.25, 0.3) is 0 Å². The van der Waals surface area contributed by atoms with Crippen LogP contribution in [0.4, 0.5) is 5.69 Å². The lowest BCUT2D eigenvalue weighted by Gasteiger charge is -2.22. The van der Waals surface area contributed by atoms with Crippen molar-refractivity contribution in [2.45, 2.75) is 26.7 Å². The van der Waals surface area contributed by atoms with Crippen LogP contribution >= 0.6 is 0 Å². The molecule has 0 atom stereocenters. The summed E-state index contributed by atoms with van der Waals surface area (Å²) in [5.74, 6) is 0.702. The van der Waals surface area contributed by atoms with Crippen LogP contribution in [0.2, 0.25) is 0 Å². The van der Waals surface area contributed by atoms with Gasteiger partial charge in [0.1, 0.15) is 5.75 Å². The molecule has 0 saturated heterocycles. The van der Waals surface area contributed by atoms with Gasteiger partial charge in [0.15, 0.2) is 0 Å². The van der Waals surface area contributed by atoms with Gasteiger partial charge in [0.05, 0.1) is 18.6 Å². The Morgan fingerprint density at radius 1 is 1.04 bits per heavy atom. The van der Waals surface area contributed by atoms with E-state index in [9.17, 15) is 13.2 Å². The van der Waals surface area contributed by atoms with Crippen molar-refractivity contribution in [1.29, 1.82) is 0 Å². The van der Waals surface area contributed by atoms with Gasteiger partial charge < -0.3 is 10.1 Å². The maximum absolute atomic E-state index is 12.3. The molecule has 0 aromatic heterocycles. The van der Waals surface area contributed by atoms with E-state index in [-0.39, 0.29) is 11.7 Å². The van der Waals surface area contributed by atoms with E-state index < -0.39 is 10.0 Å². The third-order valence-electron chi connectivity index (χ3n) is 4.49. The van der Waals surface area contributed by atoms with E-state index in [0.717, 1.165) is 18.6 Å². The summed E-state index contributed by atoms with van der Waals surface area (Å²) in [6, 6.07) is 14.5. The van der Waals surface area contributed by atoms with Crippen molar-refractivity contribution in [3.63, 3.8) is 0 Å². The molecular weight excluding hydrogens is 376 g/mol. The van der Waals surface area contributed by atoms with Crippen molar-refractivity contribution in [2.24, 2.45) is 0 Å². The first-order chi connectivity index (χ1) is 13.4. The number of nitrogens with one attached hydrogen (secondary N) is 1. The van der Waals surface area contributed by atoms with Gasteiger partial charge in [-0.3, -0.25) is 9.10 Å². The number of carbonyl (C=O) groups excluding carboxylic acids is 1. The zero-order valence-corrected chi connectivity index (χ0v) is 17.5. The molecule has 152 valence electrons. The Morgan fingerprint density at radius 3 is 2.21 bits per heavy atom. The highest BCUT2D eigenvalue weighted by atomic mass is 32.2. The molecule has 0 aliphatic carbocycles. The molecule has 7 heteroatoms. The Morgan fingerprint density at radius 2 is 1.68 bits per heavy atom. The summed E-state index contributed by atoms with van der Waals surface area (Å²) in [4.78, 5) is 12.3. The summed E-state index contributed by atoms with van der Waals surface area (Å²) in [6.45, 7) is 4.33. The number of benzene rings is 2. The van der Waals surface area contributed by atoms with Gasteiger partial charge in [-0.05, 0) is 68.7 Å². The van der Waals surface area contributed by atoms with Crippen LogP contribution in [0.5, 0.6) is 5.75 Å². The number of amides is 1. The predicted octanol–water partition coefficient (Wildman–Crippen LogP) is 3.23. The van der Waals surface area contributed by atoms with Gasteiger partial charge in [0.2, 0.25) is 10.0 Å². The molecule has 6 nitrogen and oxygen atoms in total. The highest BCUT2D eigenvalue weighted by molar-refractivity contribution is 7.92. The Hall–Kier alpha value is -2.54. The number of methoxy groups -OCH3 is 1. The zero-order chi connectivity index (χ0) is 20.6. The molecule has 0 fully saturated rings. The molecule has 0 saturated carbocycles. The normalized spacial score (nSPS) is 11.1. The number of anilines is 1. The molecule has 2 aromatic rings. The second-order valence-corrected chi connectivity index (χ2v) is 8.50. The van der Waals surface area contributed by atoms with Gasteiger partial charge in [0.25, 0.3) is 5.91 Å². The number of ether oxygens (including phenoxy) is 1. The number of carbonyl (C=O) groups is 1. The van der Waals surface area contributed by atoms with Crippen molar-refractivity contribution in [1.82, 2.24) is 5.32 Å². The van der Waals surface area contributed by atoms with Crippen LogP contribution in [-0.4, -0.2) is 40.3 Å². The van der Waals surface area contributed by atoms with Crippen LogP contribution in [0.15, 0.2) is 48.5 Å². The summed E-state index contributed by atoms with van der Waals surface area (Å²) in [5.41, 5.74) is 2.27. The van der Waals surface area contributed by atoms with Crippen molar-refractivity contribution in [3.8, 4) is 5.75 Å². The summed E-state index contributed by atoms with van der Waals surface area (Å²) in [6.07, 6.45) is 1.69. The molecular formula is C21H28N2O4S. The van der Waals surface area contributed by atoms with Gasteiger partial charge in [-0.1, -0.05) is 12.1 Å². The quantitative estimate of drug-likeness (QED) is 0.617. The lowest BCUT2D eigenvalue weighted by molar-refractivity contribution is 0.0953. The maximum atomic E-state index is 12.3. The third-order valence-corrected chi connectivity index (χ3v) is 6.36. The Balaban J connectivity index is 1.87. The second kappa shape index (κ2) is 10.1. The summed E-state index contributed by atoms with van der Waals surface area (Å²) >= 11 is 0. The van der Waals surface area contributed by atoms with E-state index >= 15 is 0 Å². The number of rotatable bonds is 10. The minimum Gasteiger partial charge on any atom is -0.497 e. The Bertz CT molecular complexity index is 862. The fourth-order valence-electron chi connectivity index (χ4n) is 2.86. The van der Waals surface area contributed by atoms with E-state index in [1.807, 2.05) is 24.3 Å². The molecule has 0 aliphatic heterocycles. The molecule has 0 radical (unpaired) electrons. The molecule has 2 rings (SSSR count). The number of hydrogen-bond acceptors (Lipinski definition) is 4. The standard InChI is InChI=1S/C21H28N2O4S/c1-4-23(28(25,26)5-2)19-12-10-18(11-13-19)21(24)22-16-6-7-17-8-14-20(27-3)15-9-17/h8-15H,4-7,16H2,1-3H3,(H,22,24). The van der Waals surface area contributed by atoms with Crippen molar-refractivity contribution < 1.29 is 17.9 Å². The molecule has 0 unspecified atom stereocenters. The monoisotopic (exact) mass is 404 g/mol. The van der Waals surface area contributed by atoms with Gasteiger partial charge in [-0.15, -0.1) is 0 Å². The van der Waals surface area contributed by atoms with Crippen LogP contribution in [0.1, 0.15) is 36.2 Å². The Kier molecular flexibility index (Phi) is 7.87. The summed E-state index contributed by atoms with van der Waals surface area (Å²) in [7, 11) is -1.68. The van der Waals surface area contributed by atoms with Crippen molar-refractivity contribution in [2.75, 3.05) is 30.3 Å².